The van der Waals surface area contributed by atoms with E-state index in [1.807, 2.05) is 0 Å². The molecule has 0 bridgehead atoms. The molecule has 0 saturated carbocycles. The number of rotatable bonds is 12. The smallest absolute Gasteiger partial charge is 0.357 e. The Kier molecular flexibility index (Phi) is 14.1. The molecule has 4 aromatic rings. The van der Waals surface area contributed by atoms with Crippen LogP contribution in [0.3, 0.4) is 0 Å². The summed E-state index contributed by atoms with van der Waals surface area (Å²) in [6, 6.07) is 25.5. The van der Waals surface area contributed by atoms with Crippen LogP contribution in [0.5, 0.6) is 23.0 Å². The Bertz CT molecular complexity index is 1450. The molecule has 0 N–H and O–H groups in total. The van der Waals surface area contributed by atoms with E-state index in [9.17, 15) is 0 Å². The van der Waals surface area contributed by atoms with Gasteiger partial charge in [-0.2, -0.15) is 0 Å². The lowest BCUT2D eigenvalue weighted by molar-refractivity contribution is -0.597. The Morgan fingerprint density at radius 3 is 1.28 bits per heavy atom. The van der Waals surface area contributed by atoms with Crippen molar-refractivity contribution in [3.8, 4) is 23.0 Å². The predicted molar refractivity (Wildman–Crippen MR) is 211 cm³/mol. The van der Waals surface area contributed by atoms with E-state index in [4.69, 9.17) is 28.4 Å². The first-order chi connectivity index (χ1) is 22.9. The van der Waals surface area contributed by atoms with E-state index in [0.29, 0.717) is 13.2 Å². The molecule has 0 aromatic heterocycles. The maximum absolute atomic E-state index is 6.18. The SMILES string of the molecule is Ic1cc(COc2ccc([I+]c3ccc(OCc4cc(I)c(OC5CCCCO5)c(I)c4)cc3)cc2)cc(I)c1OC1CCCCO1. The molecule has 0 aliphatic carbocycles. The molecule has 11 heteroatoms. The van der Waals surface area contributed by atoms with Crippen LogP contribution >= 0.6 is 90.4 Å². The van der Waals surface area contributed by atoms with Crippen LogP contribution in [0.25, 0.3) is 0 Å². The standard InChI is InChI=1S/C36H34I5O6/c37-29-17-23(18-30(38)35(29)46-33-5-1-3-15-42-33)21-44-27-11-7-25(8-12-27)41-26-9-13-28(14-10-26)45-22-24-19-31(39)36(32(40)20-24)47-34-6-2-4-16-43-34/h7-14,17-20,33-34H,1-6,15-16,21-22H2/q+1. The topological polar surface area (TPSA) is 55.4 Å². The highest BCUT2D eigenvalue weighted by molar-refractivity contribution is 14.1. The van der Waals surface area contributed by atoms with E-state index < -0.39 is 0 Å². The Morgan fingerprint density at radius 1 is 0.553 bits per heavy atom. The van der Waals surface area contributed by atoms with Gasteiger partial charge in [0.1, 0.15) is 36.2 Å². The van der Waals surface area contributed by atoms with E-state index >= 15 is 0 Å². The van der Waals surface area contributed by atoms with Crippen molar-refractivity contribution < 1.29 is 49.6 Å². The van der Waals surface area contributed by atoms with Crippen molar-refractivity contribution in [1.82, 2.24) is 0 Å². The predicted octanol–water partition coefficient (Wildman–Crippen LogP) is 7.20. The number of hydrogen-bond donors (Lipinski definition) is 0. The highest BCUT2D eigenvalue weighted by Gasteiger charge is 2.21. The lowest BCUT2D eigenvalue weighted by atomic mass is 10.2. The number of benzene rings is 4. The van der Waals surface area contributed by atoms with Gasteiger partial charge in [0.2, 0.25) is 0 Å². The van der Waals surface area contributed by atoms with Crippen molar-refractivity contribution in [2.24, 2.45) is 0 Å². The Morgan fingerprint density at radius 2 is 0.936 bits per heavy atom. The van der Waals surface area contributed by atoms with Crippen LogP contribution in [0.15, 0.2) is 72.8 Å². The molecule has 0 spiro atoms. The molecular weight excluding hydrogens is 1160 g/mol. The van der Waals surface area contributed by atoms with E-state index in [1.54, 1.807) is 0 Å². The summed E-state index contributed by atoms with van der Waals surface area (Å²) < 4.78 is 43.2. The van der Waals surface area contributed by atoms with Crippen LogP contribution in [-0.2, 0) is 22.7 Å². The second kappa shape index (κ2) is 18.2. The molecule has 2 heterocycles. The lowest BCUT2D eigenvalue weighted by Crippen LogP contribution is -3.61. The van der Waals surface area contributed by atoms with Gasteiger partial charge in [-0.1, -0.05) is 0 Å². The van der Waals surface area contributed by atoms with Crippen molar-refractivity contribution in [3.63, 3.8) is 0 Å². The van der Waals surface area contributed by atoms with Gasteiger partial charge in [0, 0.05) is 12.8 Å². The van der Waals surface area contributed by atoms with Crippen molar-refractivity contribution >= 4 is 90.4 Å². The maximum atomic E-state index is 6.18. The summed E-state index contributed by atoms with van der Waals surface area (Å²) in [6.07, 6.45) is 6.11. The molecule has 2 fully saturated rings. The molecule has 2 aliphatic heterocycles. The summed E-state index contributed by atoms with van der Waals surface area (Å²) >= 11 is 9.06. The Balaban J connectivity index is 0.969. The van der Waals surface area contributed by atoms with Gasteiger partial charge >= 0.3 is 21.2 Å². The molecule has 0 radical (unpaired) electrons. The zero-order valence-corrected chi connectivity index (χ0v) is 36.3. The summed E-state index contributed by atoms with van der Waals surface area (Å²) in [5.74, 6) is 3.55. The lowest BCUT2D eigenvalue weighted by Gasteiger charge is -2.24. The van der Waals surface area contributed by atoms with Gasteiger partial charge in [0.15, 0.2) is 19.7 Å². The number of hydrogen-bond acceptors (Lipinski definition) is 6. The third-order valence-corrected chi connectivity index (χ3v) is 13.4. The van der Waals surface area contributed by atoms with Gasteiger partial charge in [-0.05, 0) is 200 Å². The first kappa shape index (κ1) is 36.4. The molecule has 0 amide bonds. The van der Waals surface area contributed by atoms with Gasteiger partial charge < -0.3 is 28.4 Å². The van der Waals surface area contributed by atoms with E-state index in [2.05, 4.69) is 163 Å². The van der Waals surface area contributed by atoms with Crippen molar-refractivity contribution in [1.29, 1.82) is 0 Å². The molecule has 248 valence electrons. The van der Waals surface area contributed by atoms with Crippen LogP contribution in [0.2, 0.25) is 0 Å². The summed E-state index contributed by atoms with van der Waals surface area (Å²) in [7, 11) is 0. The fourth-order valence-corrected chi connectivity index (χ4v) is 11.6. The fraction of sp³-hybridized carbons (Fsp3) is 0.333. The molecule has 6 nitrogen and oxygen atoms in total. The summed E-state index contributed by atoms with van der Waals surface area (Å²) in [6.45, 7) is 2.56. The monoisotopic (exact) mass is 1200 g/mol. The van der Waals surface area contributed by atoms with Crippen LogP contribution in [0.1, 0.15) is 49.7 Å². The van der Waals surface area contributed by atoms with Crippen molar-refractivity contribution in [3.05, 3.63) is 105 Å². The molecule has 4 aromatic carbocycles. The minimum atomic E-state index is -0.311. The maximum Gasteiger partial charge on any atom is 0.357 e. The second-order valence-corrected chi connectivity index (χ2v) is 18.9. The molecule has 2 atom stereocenters. The summed E-state index contributed by atoms with van der Waals surface area (Å²) in [5.41, 5.74) is 2.24. The van der Waals surface area contributed by atoms with Gasteiger partial charge in [-0.15, -0.1) is 0 Å². The quantitative estimate of drug-likeness (QED) is 0.140. The van der Waals surface area contributed by atoms with Crippen molar-refractivity contribution in [2.75, 3.05) is 13.2 Å². The van der Waals surface area contributed by atoms with Gasteiger partial charge in [0.25, 0.3) is 0 Å². The van der Waals surface area contributed by atoms with Gasteiger partial charge in [-0.25, -0.2) is 0 Å². The largest absolute Gasteiger partial charge is 0.489 e. The summed E-state index contributed by atoms with van der Waals surface area (Å²) in [5, 5.41) is 0. The van der Waals surface area contributed by atoms with E-state index in [1.165, 1.54) is 7.14 Å². The van der Waals surface area contributed by atoms with Crippen LogP contribution in [-0.4, -0.2) is 25.8 Å². The first-order valence-corrected chi connectivity index (χ1v) is 22.0. The highest BCUT2D eigenvalue weighted by atomic mass is 127. The fourth-order valence-electron chi connectivity index (χ4n) is 5.13. The average molecular weight is 1200 g/mol. The number of ether oxygens (including phenoxy) is 6. The summed E-state index contributed by atoms with van der Waals surface area (Å²) in [4.78, 5) is 0. The highest BCUT2D eigenvalue weighted by Crippen LogP contribution is 2.33. The van der Waals surface area contributed by atoms with Gasteiger partial charge in [-0.3, -0.25) is 0 Å². The minimum absolute atomic E-state index is 0.148. The Labute approximate surface area is 341 Å². The molecule has 47 heavy (non-hydrogen) atoms. The first-order valence-electron chi connectivity index (χ1n) is 15.5. The normalized spacial score (nSPS) is 18.0. The Hall–Kier alpha value is -0.350. The zero-order chi connectivity index (χ0) is 32.6. The molecular formula is C36H34I5O6+. The molecule has 2 saturated heterocycles. The van der Waals surface area contributed by atoms with Crippen LogP contribution in [0.4, 0.5) is 0 Å². The zero-order valence-electron chi connectivity index (χ0n) is 25.5. The minimum Gasteiger partial charge on any atom is -0.489 e. The average Bonchev–Trinajstić information content (AvgIpc) is 3.08. The third kappa shape index (κ3) is 10.8. The van der Waals surface area contributed by atoms with Crippen molar-refractivity contribution in [2.45, 2.75) is 64.3 Å². The second-order valence-electron chi connectivity index (χ2n) is 11.2. The van der Waals surface area contributed by atoms with Crippen LogP contribution < -0.4 is 40.2 Å². The van der Waals surface area contributed by atoms with Crippen LogP contribution in [0, 0.1) is 21.4 Å². The molecule has 2 aliphatic rings. The van der Waals surface area contributed by atoms with E-state index in [-0.39, 0.29) is 33.8 Å². The third-order valence-electron chi connectivity index (χ3n) is 7.55. The number of halogens is 5. The van der Waals surface area contributed by atoms with Gasteiger partial charge in [0.05, 0.1) is 27.5 Å². The van der Waals surface area contributed by atoms with E-state index in [0.717, 1.165) is 100 Å². The molecule has 2 unspecified atom stereocenters. The molecule has 6 rings (SSSR count).